The van der Waals surface area contributed by atoms with E-state index in [4.69, 9.17) is 10.7 Å². The van der Waals surface area contributed by atoms with Gasteiger partial charge in [0.05, 0.1) is 0 Å². The zero-order valence-corrected chi connectivity index (χ0v) is 21.7. The number of hydrazine groups is 1. The van der Waals surface area contributed by atoms with Crippen molar-refractivity contribution in [1.29, 1.82) is 0 Å². The van der Waals surface area contributed by atoms with E-state index in [-0.39, 0.29) is 23.0 Å². The molecule has 8 heteroatoms. The van der Waals surface area contributed by atoms with Gasteiger partial charge in [0.25, 0.3) is 5.91 Å². The lowest BCUT2D eigenvalue weighted by Gasteiger charge is -2.28. The molecular weight excluding hydrogens is 424 g/mol. The van der Waals surface area contributed by atoms with Gasteiger partial charge in [-0.3, -0.25) is 14.5 Å². The number of nitrogens with two attached hydrogens (primary N) is 1. The van der Waals surface area contributed by atoms with Crippen LogP contribution in [0.5, 0.6) is 5.75 Å². The second-order valence-corrected chi connectivity index (χ2v) is 11.5. The number of imide groups is 1. The third-order valence-corrected chi connectivity index (χ3v) is 5.02. The molecule has 1 aromatic rings. The Morgan fingerprint density at radius 2 is 1.42 bits per heavy atom. The molecule has 2 amide bonds. The monoisotopic (exact) mass is 464 g/mol. The van der Waals surface area contributed by atoms with Crippen molar-refractivity contribution in [1.82, 2.24) is 5.01 Å². The zero-order valence-electron chi connectivity index (χ0n) is 21.7. The summed E-state index contributed by atoms with van der Waals surface area (Å²) in [6.45, 7) is 18.4. The second kappa shape index (κ2) is 10.2. The van der Waals surface area contributed by atoms with Crippen LogP contribution in [0.3, 0.4) is 0 Å². The molecule has 0 aromatic heterocycles. The van der Waals surface area contributed by atoms with E-state index in [0.29, 0.717) is 11.4 Å². The van der Waals surface area contributed by atoms with E-state index in [1.54, 1.807) is 20.8 Å². The molecule has 1 atom stereocenters. The highest BCUT2D eigenvalue weighted by Crippen LogP contribution is 2.40. The van der Waals surface area contributed by atoms with Crippen molar-refractivity contribution in [2.24, 2.45) is 11.8 Å². The number of hydrogen-bond acceptors (Lipinski definition) is 7. The Hall–Kier alpha value is -2.45. The number of aryl methyl sites for hydroxylation is 1. The van der Waals surface area contributed by atoms with E-state index in [0.717, 1.165) is 16.7 Å². The number of amides is 2. The van der Waals surface area contributed by atoms with Crippen LogP contribution in [0, 0.1) is 5.92 Å². The van der Waals surface area contributed by atoms with Crippen LogP contribution in [0.15, 0.2) is 12.1 Å². The van der Waals surface area contributed by atoms with Gasteiger partial charge in [0, 0.05) is 6.42 Å². The summed E-state index contributed by atoms with van der Waals surface area (Å²) in [6.07, 6.45) is 0.276. The summed E-state index contributed by atoms with van der Waals surface area (Å²) in [5.74, 6) is 2.24. The van der Waals surface area contributed by atoms with Crippen molar-refractivity contribution in [3.8, 4) is 5.75 Å². The van der Waals surface area contributed by atoms with Crippen molar-refractivity contribution < 1.29 is 29.3 Å². The highest BCUT2D eigenvalue weighted by molar-refractivity contribution is 6.04. The molecule has 0 aliphatic heterocycles. The van der Waals surface area contributed by atoms with E-state index in [9.17, 15) is 19.5 Å². The molecule has 0 saturated carbocycles. The van der Waals surface area contributed by atoms with E-state index < -0.39 is 29.3 Å². The number of rotatable bonds is 6. The number of aromatic hydroxyl groups is 1. The Morgan fingerprint density at radius 1 is 0.970 bits per heavy atom. The maximum Gasteiger partial charge on any atom is 0.354 e. The molecule has 8 nitrogen and oxygen atoms in total. The molecule has 0 radical (unpaired) electrons. The SMILES string of the molecule is CC(C(=O)OOC(C)(C)C)C(=O)N(N)C(=O)CCc1cc(C(C)(C)C)c(O)c(C(C)(C)C)c1. The van der Waals surface area contributed by atoms with Crippen LogP contribution in [0.4, 0.5) is 0 Å². The van der Waals surface area contributed by atoms with Crippen molar-refractivity contribution in [3.63, 3.8) is 0 Å². The second-order valence-electron chi connectivity index (χ2n) is 11.5. The van der Waals surface area contributed by atoms with Crippen molar-refractivity contribution in [3.05, 3.63) is 28.8 Å². The van der Waals surface area contributed by atoms with Crippen LogP contribution in [0.1, 0.15) is 92.3 Å². The fraction of sp³-hybridized carbons (Fsp3) is 0.640. The minimum Gasteiger partial charge on any atom is -0.507 e. The van der Waals surface area contributed by atoms with Gasteiger partial charge in [-0.1, -0.05) is 53.7 Å². The molecule has 0 aliphatic rings. The van der Waals surface area contributed by atoms with Gasteiger partial charge in [0.2, 0.25) is 5.91 Å². The minimum atomic E-state index is -1.30. The fourth-order valence-electron chi connectivity index (χ4n) is 3.02. The van der Waals surface area contributed by atoms with Crippen LogP contribution in [0.2, 0.25) is 0 Å². The quantitative estimate of drug-likeness (QED) is 0.214. The lowest BCUT2D eigenvalue weighted by molar-refractivity contribution is -0.322. The van der Waals surface area contributed by atoms with Gasteiger partial charge in [0.1, 0.15) is 17.3 Å². The number of phenolic OH excluding ortho intramolecular Hbond substituents is 1. The minimum absolute atomic E-state index is 0.0412. The third-order valence-electron chi connectivity index (χ3n) is 5.02. The molecule has 0 spiro atoms. The topological polar surface area (TPSA) is 119 Å². The average molecular weight is 465 g/mol. The largest absolute Gasteiger partial charge is 0.507 e. The molecule has 0 fully saturated rings. The molecule has 1 rings (SSSR count). The summed E-state index contributed by atoms with van der Waals surface area (Å²) >= 11 is 0. The molecule has 0 bridgehead atoms. The first-order chi connectivity index (χ1) is 14.8. The number of benzene rings is 1. The lowest BCUT2D eigenvalue weighted by Crippen LogP contribution is -2.47. The molecule has 1 aromatic carbocycles. The molecule has 0 saturated heterocycles. The number of carbonyl (C=O) groups excluding carboxylic acids is 3. The molecular formula is C25H40N2O6. The van der Waals surface area contributed by atoms with Gasteiger partial charge >= 0.3 is 5.97 Å². The van der Waals surface area contributed by atoms with E-state index in [1.165, 1.54) is 6.92 Å². The Bertz CT molecular complexity index is 853. The standard InChI is InChI=1S/C25H40N2O6/c1-15(22(31)32-33-25(8,9)10)21(30)27(26)19(28)12-11-16-13-17(23(2,3)4)20(29)18(14-16)24(5,6)7/h13-15,29H,11-12,26H2,1-10H3. The number of nitrogens with zero attached hydrogens (tertiary/aromatic N) is 1. The average Bonchev–Trinajstić information content (AvgIpc) is 2.66. The molecule has 186 valence electrons. The number of hydrogen-bond donors (Lipinski definition) is 2. The molecule has 0 heterocycles. The van der Waals surface area contributed by atoms with Crippen molar-refractivity contribution in [2.45, 2.75) is 98.5 Å². The molecule has 0 aliphatic carbocycles. The Balaban J connectivity index is 2.97. The zero-order chi connectivity index (χ0) is 25.9. The highest BCUT2D eigenvalue weighted by atomic mass is 17.2. The highest BCUT2D eigenvalue weighted by Gasteiger charge is 2.32. The van der Waals surface area contributed by atoms with Gasteiger partial charge in [-0.05, 0) is 61.6 Å². The fourth-order valence-corrected chi connectivity index (χ4v) is 3.02. The molecule has 1 unspecified atom stereocenters. The first kappa shape index (κ1) is 28.6. The van der Waals surface area contributed by atoms with Crippen LogP contribution in [-0.2, 0) is 41.4 Å². The van der Waals surface area contributed by atoms with Crippen LogP contribution in [-0.4, -0.2) is 33.5 Å². The third kappa shape index (κ3) is 8.12. The Kier molecular flexibility index (Phi) is 8.85. The summed E-state index contributed by atoms with van der Waals surface area (Å²) in [4.78, 5) is 46.7. The summed E-state index contributed by atoms with van der Waals surface area (Å²) in [6, 6.07) is 3.76. The first-order valence-corrected chi connectivity index (χ1v) is 11.1. The lowest BCUT2D eigenvalue weighted by atomic mass is 9.78. The summed E-state index contributed by atoms with van der Waals surface area (Å²) in [5.41, 5.74) is 1.08. The van der Waals surface area contributed by atoms with Crippen LogP contribution in [0.25, 0.3) is 0 Å². The van der Waals surface area contributed by atoms with E-state index in [2.05, 4.69) is 4.89 Å². The number of carbonyl (C=O) groups is 3. The van der Waals surface area contributed by atoms with Gasteiger partial charge in [-0.25, -0.2) is 15.6 Å². The van der Waals surface area contributed by atoms with Gasteiger partial charge < -0.3 is 5.11 Å². The maximum absolute atomic E-state index is 12.6. The smallest absolute Gasteiger partial charge is 0.354 e. The van der Waals surface area contributed by atoms with Crippen molar-refractivity contribution in [2.75, 3.05) is 0 Å². The normalized spacial score (nSPS) is 13.4. The van der Waals surface area contributed by atoms with Crippen molar-refractivity contribution >= 4 is 17.8 Å². The van der Waals surface area contributed by atoms with Gasteiger partial charge in [0.15, 0.2) is 0 Å². The number of phenols is 1. The summed E-state index contributed by atoms with van der Waals surface area (Å²) < 4.78 is 0. The Labute approximate surface area is 197 Å². The first-order valence-electron chi connectivity index (χ1n) is 11.1. The summed E-state index contributed by atoms with van der Waals surface area (Å²) in [5, 5.41) is 11.3. The van der Waals surface area contributed by atoms with Crippen LogP contribution >= 0.6 is 0 Å². The molecule has 3 N–H and O–H groups in total. The molecule has 33 heavy (non-hydrogen) atoms. The van der Waals surface area contributed by atoms with E-state index in [1.807, 2.05) is 53.7 Å². The predicted molar refractivity (Wildman–Crippen MR) is 126 cm³/mol. The predicted octanol–water partition coefficient (Wildman–Crippen LogP) is 4.06. The maximum atomic E-state index is 12.6. The summed E-state index contributed by atoms with van der Waals surface area (Å²) in [7, 11) is 0. The Morgan fingerprint density at radius 3 is 1.82 bits per heavy atom. The van der Waals surface area contributed by atoms with Crippen LogP contribution < -0.4 is 5.84 Å². The van der Waals surface area contributed by atoms with Gasteiger partial charge in [-0.15, -0.1) is 0 Å². The van der Waals surface area contributed by atoms with E-state index >= 15 is 0 Å². The van der Waals surface area contributed by atoms with Gasteiger partial charge in [-0.2, -0.15) is 4.89 Å².